The van der Waals surface area contributed by atoms with E-state index in [4.69, 9.17) is 19.3 Å². The van der Waals surface area contributed by atoms with Crippen LogP contribution in [0.5, 0.6) is 11.5 Å². The van der Waals surface area contributed by atoms with Gasteiger partial charge in [-0.05, 0) is 60.5 Å². The van der Waals surface area contributed by atoms with Crippen LogP contribution in [0.4, 0.5) is 5.69 Å². The van der Waals surface area contributed by atoms with Crippen LogP contribution in [0, 0.1) is 0 Å². The number of benzene rings is 3. The monoisotopic (exact) mass is 531 g/mol. The van der Waals surface area contributed by atoms with Gasteiger partial charge in [0.05, 0.1) is 29.9 Å². The number of thioether (sulfide) groups is 1. The fourth-order valence-corrected chi connectivity index (χ4v) is 4.60. The number of hydrogen-bond acceptors (Lipinski definition) is 8. The molecule has 1 aliphatic rings. The summed E-state index contributed by atoms with van der Waals surface area (Å²) in [6, 6.07) is 20.9. The Morgan fingerprint density at radius 2 is 1.74 bits per heavy atom. The lowest BCUT2D eigenvalue weighted by molar-refractivity contribution is -0.138. The SMILES string of the molecule is CCOC(=O)C1=C(O)/C(=C/c2ccc(OCc3ccc(C(=O)O)cc3)c(OC)c2)SC1=Nc1ccccc1. The average Bonchev–Trinajstić information content (AvgIpc) is 3.22. The molecular weight excluding hydrogens is 506 g/mol. The quantitative estimate of drug-likeness (QED) is 0.315. The van der Waals surface area contributed by atoms with E-state index in [1.807, 2.05) is 18.2 Å². The van der Waals surface area contributed by atoms with Gasteiger partial charge in [-0.25, -0.2) is 14.6 Å². The largest absolute Gasteiger partial charge is 0.506 e. The first-order valence-electron chi connectivity index (χ1n) is 11.7. The third-order valence-corrected chi connectivity index (χ3v) is 6.46. The normalized spacial score (nSPS) is 15.1. The lowest BCUT2D eigenvalue weighted by Gasteiger charge is -2.12. The zero-order valence-corrected chi connectivity index (χ0v) is 21.5. The molecule has 3 aromatic rings. The first-order valence-corrected chi connectivity index (χ1v) is 12.5. The molecule has 1 aliphatic heterocycles. The van der Waals surface area contributed by atoms with Gasteiger partial charge < -0.3 is 24.4 Å². The van der Waals surface area contributed by atoms with E-state index in [1.165, 1.54) is 31.0 Å². The summed E-state index contributed by atoms with van der Waals surface area (Å²) in [5.74, 6) is -0.871. The Hall–Kier alpha value is -4.50. The Bertz CT molecular complexity index is 1430. The number of carbonyl (C=O) groups is 2. The minimum absolute atomic E-state index is 0.0211. The molecule has 3 aromatic carbocycles. The van der Waals surface area contributed by atoms with Gasteiger partial charge in [0, 0.05) is 0 Å². The van der Waals surface area contributed by atoms with E-state index >= 15 is 0 Å². The minimum Gasteiger partial charge on any atom is -0.506 e. The number of ether oxygens (including phenoxy) is 3. The van der Waals surface area contributed by atoms with Crippen LogP contribution in [0.15, 0.2) is 94.0 Å². The van der Waals surface area contributed by atoms with E-state index in [9.17, 15) is 14.7 Å². The van der Waals surface area contributed by atoms with Crippen LogP contribution in [0.2, 0.25) is 0 Å². The molecule has 0 fully saturated rings. The Kier molecular flexibility index (Phi) is 8.50. The van der Waals surface area contributed by atoms with Crippen LogP contribution < -0.4 is 9.47 Å². The van der Waals surface area contributed by atoms with Gasteiger partial charge in [0.2, 0.25) is 0 Å². The molecule has 0 aromatic heterocycles. The molecule has 9 heteroatoms. The summed E-state index contributed by atoms with van der Waals surface area (Å²) in [5.41, 5.74) is 2.38. The molecular formula is C29H25NO7S. The van der Waals surface area contributed by atoms with Crippen LogP contribution in [0.25, 0.3) is 6.08 Å². The van der Waals surface area contributed by atoms with E-state index in [0.717, 1.165) is 5.56 Å². The predicted octanol–water partition coefficient (Wildman–Crippen LogP) is 6.17. The van der Waals surface area contributed by atoms with Crippen molar-refractivity contribution in [3.05, 3.63) is 106 Å². The van der Waals surface area contributed by atoms with Gasteiger partial charge >= 0.3 is 11.9 Å². The Labute approximate surface area is 223 Å². The van der Waals surface area contributed by atoms with Crippen molar-refractivity contribution in [2.45, 2.75) is 13.5 Å². The maximum absolute atomic E-state index is 12.6. The van der Waals surface area contributed by atoms with E-state index in [2.05, 4.69) is 4.99 Å². The number of aliphatic imine (C=N–C) groups is 1. The van der Waals surface area contributed by atoms with Crippen LogP contribution >= 0.6 is 11.8 Å². The standard InChI is InChI=1S/C29H25NO7S/c1-3-36-29(34)25-26(31)24(38-27(25)30-21-7-5-4-6-8-21)16-19-11-14-22(23(15-19)35-2)37-17-18-9-12-20(13-10-18)28(32)33/h4-16,31H,3,17H2,1-2H3,(H,32,33)/b24-16-,30-27?. The molecule has 0 saturated carbocycles. The maximum atomic E-state index is 12.6. The molecule has 0 amide bonds. The molecule has 0 radical (unpaired) electrons. The summed E-state index contributed by atoms with van der Waals surface area (Å²) in [7, 11) is 1.52. The highest BCUT2D eigenvalue weighted by molar-refractivity contribution is 8.18. The Morgan fingerprint density at radius 3 is 2.39 bits per heavy atom. The van der Waals surface area contributed by atoms with E-state index < -0.39 is 11.9 Å². The number of carbonyl (C=O) groups excluding carboxylic acids is 1. The lowest BCUT2D eigenvalue weighted by Crippen LogP contribution is -2.12. The maximum Gasteiger partial charge on any atom is 0.344 e. The highest BCUT2D eigenvalue weighted by Crippen LogP contribution is 2.41. The summed E-state index contributed by atoms with van der Waals surface area (Å²) in [6.45, 7) is 2.09. The number of hydrogen-bond donors (Lipinski definition) is 2. The van der Waals surface area contributed by atoms with Crippen molar-refractivity contribution in [2.24, 2.45) is 4.99 Å². The smallest absolute Gasteiger partial charge is 0.344 e. The fourth-order valence-electron chi connectivity index (χ4n) is 3.56. The van der Waals surface area contributed by atoms with Gasteiger partial charge in [-0.2, -0.15) is 0 Å². The van der Waals surface area contributed by atoms with Gasteiger partial charge in [0.15, 0.2) is 11.5 Å². The van der Waals surface area contributed by atoms with Crippen molar-refractivity contribution < 1.29 is 34.0 Å². The van der Waals surface area contributed by atoms with Gasteiger partial charge in [-0.1, -0.05) is 48.2 Å². The molecule has 0 aliphatic carbocycles. The molecule has 0 spiro atoms. The van der Waals surface area contributed by atoms with Gasteiger partial charge in [-0.3, -0.25) is 0 Å². The average molecular weight is 532 g/mol. The lowest BCUT2D eigenvalue weighted by atomic mass is 10.1. The van der Waals surface area contributed by atoms with Crippen molar-refractivity contribution >= 4 is 40.5 Å². The molecule has 0 unspecified atom stereocenters. The van der Waals surface area contributed by atoms with Crippen LogP contribution in [-0.2, 0) is 16.1 Å². The third kappa shape index (κ3) is 6.24. The van der Waals surface area contributed by atoms with Gasteiger partial charge in [0.1, 0.15) is 23.0 Å². The molecule has 194 valence electrons. The van der Waals surface area contributed by atoms with Crippen molar-refractivity contribution in [1.29, 1.82) is 0 Å². The second kappa shape index (κ2) is 12.2. The van der Waals surface area contributed by atoms with Crippen LogP contribution in [0.1, 0.15) is 28.4 Å². The number of esters is 1. The van der Waals surface area contributed by atoms with Crippen molar-refractivity contribution in [3.8, 4) is 11.5 Å². The predicted molar refractivity (Wildman–Crippen MR) is 146 cm³/mol. The van der Waals surface area contributed by atoms with Crippen molar-refractivity contribution in [1.82, 2.24) is 0 Å². The molecule has 0 bridgehead atoms. The topological polar surface area (TPSA) is 115 Å². The zero-order chi connectivity index (χ0) is 27.1. The number of para-hydroxylation sites is 1. The highest BCUT2D eigenvalue weighted by Gasteiger charge is 2.33. The Balaban J connectivity index is 1.58. The zero-order valence-electron chi connectivity index (χ0n) is 20.7. The fraction of sp³-hybridized carbons (Fsp3) is 0.138. The summed E-state index contributed by atoms with van der Waals surface area (Å²) in [5, 5.41) is 20.3. The molecule has 0 saturated heterocycles. The summed E-state index contributed by atoms with van der Waals surface area (Å²) >= 11 is 1.17. The number of methoxy groups -OCH3 is 1. The molecule has 8 nitrogen and oxygen atoms in total. The molecule has 1 heterocycles. The van der Waals surface area contributed by atoms with Crippen molar-refractivity contribution in [3.63, 3.8) is 0 Å². The number of aliphatic hydroxyl groups is 1. The first-order chi connectivity index (χ1) is 18.4. The van der Waals surface area contributed by atoms with E-state index in [0.29, 0.717) is 32.7 Å². The van der Waals surface area contributed by atoms with Gasteiger partial charge in [-0.15, -0.1) is 0 Å². The number of carboxylic acid groups (broad SMARTS) is 1. The summed E-state index contributed by atoms with van der Waals surface area (Å²) in [4.78, 5) is 28.6. The number of rotatable bonds is 9. The minimum atomic E-state index is -0.988. The third-order valence-electron chi connectivity index (χ3n) is 5.44. The van der Waals surface area contributed by atoms with Gasteiger partial charge in [0.25, 0.3) is 0 Å². The second-order valence-corrected chi connectivity index (χ2v) is 9.04. The van der Waals surface area contributed by atoms with Crippen LogP contribution in [0.3, 0.4) is 0 Å². The highest BCUT2D eigenvalue weighted by atomic mass is 32.2. The summed E-state index contributed by atoms with van der Waals surface area (Å²) < 4.78 is 16.5. The second-order valence-electron chi connectivity index (χ2n) is 8.01. The summed E-state index contributed by atoms with van der Waals surface area (Å²) in [6.07, 6.45) is 1.73. The van der Waals surface area contributed by atoms with E-state index in [-0.39, 0.29) is 30.1 Å². The van der Waals surface area contributed by atoms with Crippen molar-refractivity contribution in [2.75, 3.05) is 13.7 Å². The Morgan fingerprint density at radius 1 is 1.00 bits per heavy atom. The first kappa shape index (κ1) is 26.6. The number of aliphatic hydroxyl groups excluding tert-OH is 1. The van der Waals surface area contributed by atoms with Crippen LogP contribution in [-0.4, -0.2) is 40.9 Å². The number of nitrogens with zero attached hydrogens (tertiary/aromatic N) is 1. The molecule has 4 rings (SSSR count). The number of aromatic carboxylic acids is 1. The molecule has 2 N–H and O–H groups in total. The number of carboxylic acids is 1. The van der Waals surface area contributed by atoms with E-state index in [1.54, 1.807) is 55.5 Å². The molecule has 0 atom stereocenters. The molecule has 38 heavy (non-hydrogen) atoms.